The number of likely N-dealkylation sites (tertiary alicyclic amines) is 1. The molecule has 16 heteroatoms. The van der Waals surface area contributed by atoms with Crippen molar-refractivity contribution >= 4 is 46.9 Å². The number of fused-ring (bicyclic) bond motifs is 4. The number of hydrogen-bond acceptors (Lipinski definition) is 8. The SMILES string of the molecule is O=C(O)CCCCCN1C(=O)C2CC=C3C(CC4C(=O)N(Nc5ccc(F)cc5)C(=O)C4(c4ccc(Cl)cc4)C3c3cc(OC(F)(F)F)ccc3O)C2C1=O. The number of nitrogens with zero attached hydrogens (tertiary/aromatic N) is 2. The first-order valence-electron chi connectivity index (χ1n) is 17.6. The Bertz CT molecular complexity index is 2090. The Morgan fingerprint density at radius 1 is 0.927 bits per heavy atom. The maximum atomic E-state index is 15.2. The molecular formula is C39H34ClF4N3O8. The summed E-state index contributed by atoms with van der Waals surface area (Å²) < 4.78 is 58.8. The number of carboxylic acid groups (broad SMARTS) is 1. The van der Waals surface area contributed by atoms with Gasteiger partial charge >= 0.3 is 12.3 Å². The number of hydrogen-bond donors (Lipinski definition) is 3. The minimum atomic E-state index is -5.13. The van der Waals surface area contributed by atoms with Crippen LogP contribution >= 0.6 is 11.6 Å². The Morgan fingerprint density at radius 2 is 1.64 bits per heavy atom. The highest BCUT2D eigenvalue weighted by molar-refractivity contribution is 6.30. The Hall–Kier alpha value is -5.44. The van der Waals surface area contributed by atoms with E-state index in [1.54, 1.807) is 6.08 Å². The monoisotopic (exact) mass is 783 g/mol. The van der Waals surface area contributed by atoms with Gasteiger partial charge in [-0.15, -0.1) is 13.2 Å². The second-order valence-corrected chi connectivity index (χ2v) is 14.6. The first-order chi connectivity index (χ1) is 26.1. The normalized spacial score (nSPS) is 26.1. The zero-order chi connectivity index (χ0) is 39.4. The maximum Gasteiger partial charge on any atom is 0.573 e. The number of allylic oxidation sites excluding steroid dienone is 2. The number of rotatable bonds is 11. The van der Waals surface area contributed by atoms with Crippen LogP contribution in [0.2, 0.25) is 5.02 Å². The van der Waals surface area contributed by atoms with Crippen molar-refractivity contribution in [1.29, 1.82) is 0 Å². The minimum absolute atomic E-state index is 0.0215. The Balaban J connectivity index is 1.38. The number of carbonyl (C=O) groups excluding carboxylic acids is 4. The zero-order valence-electron chi connectivity index (χ0n) is 28.9. The van der Waals surface area contributed by atoms with E-state index in [1.807, 2.05) is 0 Å². The molecule has 4 aliphatic rings. The molecule has 0 spiro atoms. The van der Waals surface area contributed by atoms with E-state index >= 15 is 4.79 Å². The number of phenolic OH excluding ortho intramolecular Hbond substituents is 1. The van der Waals surface area contributed by atoms with Crippen LogP contribution in [0, 0.1) is 29.5 Å². The molecule has 2 saturated heterocycles. The fraction of sp³-hybridized carbons (Fsp3) is 0.359. The van der Waals surface area contributed by atoms with Crippen molar-refractivity contribution < 1.29 is 56.5 Å². The molecule has 0 aromatic heterocycles. The molecule has 55 heavy (non-hydrogen) atoms. The van der Waals surface area contributed by atoms with E-state index in [-0.39, 0.29) is 47.6 Å². The number of hydrazine groups is 1. The largest absolute Gasteiger partial charge is 0.573 e. The molecule has 3 aromatic carbocycles. The summed E-state index contributed by atoms with van der Waals surface area (Å²) in [4.78, 5) is 70.0. The number of halogens is 5. The number of aliphatic carboxylic acids is 1. The van der Waals surface area contributed by atoms with Gasteiger partial charge in [0.2, 0.25) is 11.8 Å². The second-order valence-electron chi connectivity index (χ2n) is 14.2. The fourth-order valence-corrected chi connectivity index (χ4v) is 9.10. The number of nitrogens with one attached hydrogen (secondary N) is 1. The summed E-state index contributed by atoms with van der Waals surface area (Å²) >= 11 is 6.27. The molecule has 3 aromatic rings. The molecule has 6 atom stereocenters. The van der Waals surface area contributed by atoms with Crippen molar-refractivity contribution in [2.45, 2.75) is 56.2 Å². The molecule has 7 rings (SSSR count). The number of amides is 4. The zero-order valence-corrected chi connectivity index (χ0v) is 29.6. The van der Waals surface area contributed by atoms with E-state index < -0.39 is 88.3 Å². The molecule has 3 N–H and O–H groups in total. The predicted molar refractivity (Wildman–Crippen MR) is 187 cm³/mol. The third-order valence-corrected chi connectivity index (χ3v) is 11.4. The third-order valence-electron chi connectivity index (χ3n) is 11.2. The Morgan fingerprint density at radius 3 is 2.31 bits per heavy atom. The Labute approximate surface area is 316 Å². The maximum absolute atomic E-state index is 15.2. The van der Waals surface area contributed by atoms with Crippen molar-refractivity contribution in [2.75, 3.05) is 12.0 Å². The average molecular weight is 784 g/mol. The molecule has 0 bridgehead atoms. The van der Waals surface area contributed by atoms with Gasteiger partial charge in [-0.25, -0.2) is 4.39 Å². The summed E-state index contributed by atoms with van der Waals surface area (Å²) in [5.74, 6) is -10.7. The molecule has 4 amide bonds. The summed E-state index contributed by atoms with van der Waals surface area (Å²) in [6, 6.07) is 13.7. The second kappa shape index (κ2) is 14.3. The fourth-order valence-electron chi connectivity index (χ4n) is 8.97. The van der Waals surface area contributed by atoms with Crippen molar-refractivity contribution in [3.8, 4) is 11.5 Å². The summed E-state index contributed by atoms with van der Waals surface area (Å²) in [5, 5.41) is 21.5. The molecule has 2 aliphatic heterocycles. The summed E-state index contributed by atoms with van der Waals surface area (Å²) in [6.45, 7) is 0.0400. The van der Waals surface area contributed by atoms with E-state index in [4.69, 9.17) is 16.7 Å². The average Bonchev–Trinajstić information content (AvgIpc) is 3.50. The lowest BCUT2D eigenvalue weighted by Crippen LogP contribution is -2.53. The molecular weight excluding hydrogens is 750 g/mol. The summed E-state index contributed by atoms with van der Waals surface area (Å²) in [5.41, 5.74) is 1.42. The van der Waals surface area contributed by atoms with Crippen molar-refractivity contribution in [2.24, 2.45) is 23.7 Å². The standard InChI is InChI=1S/C39H34ClF4N3O8/c40-21-7-5-20(6-8-21)38-29(35(52)47(37(38)54)45-23-11-9-22(41)10-12-23)19-27-25(33(38)28-18-24(13-16-30(28)48)55-39(42,43)44)14-15-26-32(27)36(53)46(34(26)51)17-3-1-2-4-31(49)50/h5-14,16,18,26-27,29,32-33,45,48H,1-4,15,17,19H2,(H,49,50). The van der Waals surface area contributed by atoms with Crippen molar-refractivity contribution in [3.63, 3.8) is 0 Å². The lowest BCUT2D eigenvalue weighted by atomic mass is 9.49. The van der Waals surface area contributed by atoms with Crippen LogP contribution in [0.15, 0.2) is 78.4 Å². The van der Waals surface area contributed by atoms with Crippen molar-refractivity contribution in [1.82, 2.24) is 9.91 Å². The van der Waals surface area contributed by atoms with E-state index in [0.717, 1.165) is 40.2 Å². The number of carboxylic acids is 1. The van der Waals surface area contributed by atoms with Crippen LogP contribution in [0.3, 0.4) is 0 Å². The lowest BCUT2D eigenvalue weighted by molar-refractivity contribution is -0.274. The predicted octanol–water partition coefficient (Wildman–Crippen LogP) is 6.71. The number of phenols is 1. The number of imide groups is 2. The van der Waals surface area contributed by atoms with Crippen LogP contribution in [0.5, 0.6) is 11.5 Å². The number of alkyl halides is 3. The highest BCUT2D eigenvalue weighted by Crippen LogP contribution is 2.65. The van der Waals surface area contributed by atoms with Crippen LogP contribution in [0.1, 0.15) is 55.6 Å². The number of carbonyl (C=O) groups is 5. The number of anilines is 1. The summed E-state index contributed by atoms with van der Waals surface area (Å²) in [6.07, 6.45) is -2.47. The highest BCUT2D eigenvalue weighted by Gasteiger charge is 2.70. The van der Waals surface area contributed by atoms with E-state index in [1.165, 1.54) is 36.4 Å². The summed E-state index contributed by atoms with van der Waals surface area (Å²) in [7, 11) is 0. The van der Waals surface area contributed by atoms with Crippen LogP contribution in [-0.4, -0.2) is 62.6 Å². The number of ether oxygens (including phenoxy) is 1. The number of unbranched alkanes of at least 4 members (excludes halogenated alkanes) is 2. The van der Waals surface area contributed by atoms with Gasteiger partial charge in [-0.1, -0.05) is 41.8 Å². The van der Waals surface area contributed by atoms with Gasteiger partial charge in [0.15, 0.2) is 0 Å². The molecule has 0 radical (unpaired) electrons. The van der Waals surface area contributed by atoms with Gasteiger partial charge in [0, 0.05) is 29.5 Å². The molecule has 6 unspecified atom stereocenters. The van der Waals surface area contributed by atoms with Gasteiger partial charge < -0.3 is 14.9 Å². The van der Waals surface area contributed by atoms with E-state index in [2.05, 4.69) is 10.2 Å². The quantitative estimate of drug-likeness (QED) is 0.0834. The van der Waals surface area contributed by atoms with Crippen LogP contribution in [-0.2, 0) is 29.4 Å². The van der Waals surface area contributed by atoms with Gasteiger partial charge in [-0.2, -0.15) is 5.01 Å². The molecule has 11 nitrogen and oxygen atoms in total. The smallest absolute Gasteiger partial charge is 0.508 e. The molecule has 288 valence electrons. The van der Waals surface area contributed by atoms with Gasteiger partial charge in [0.1, 0.15) is 17.3 Å². The molecule has 2 heterocycles. The lowest BCUT2D eigenvalue weighted by Gasteiger charge is -2.50. The molecule has 2 aliphatic carbocycles. The van der Waals surface area contributed by atoms with Gasteiger partial charge in [-0.05, 0) is 91.8 Å². The first kappa shape index (κ1) is 37.9. The topological polar surface area (TPSA) is 154 Å². The van der Waals surface area contributed by atoms with Crippen molar-refractivity contribution in [3.05, 3.63) is 100 Å². The molecule has 3 fully saturated rings. The third kappa shape index (κ3) is 6.68. The van der Waals surface area contributed by atoms with Gasteiger partial charge in [0.05, 0.1) is 28.9 Å². The Kier molecular flexibility index (Phi) is 9.86. The van der Waals surface area contributed by atoms with Gasteiger partial charge in [0.25, 0.3) is 11.8 Å². The van der Waals surface area contributed by atoms with E-state index in [9.17, 15) is 41.8 Å². The first-order valence-corrected chi connectivity index (χ1v) is 18.0. The van der Waals surface area contributed by atoms with Gasteiger partial charge in [-0.3, -0.25) is 34.3 Å². The number of aromatic hydroxyl groups is 1. The minimum Gasteiger partial charge on any atom is -0.508 e. The molecule has 1 saturated carbocycles. The van der Waals surface area contributed by atoms with E-state index in [0.29, 0.717) is 24.8 Å². The van der Waals surface area contributed by atoms with Crippen LogP contribution < -0.4 is 10.2 Å². The van der Waals surface area contributed by atoms with Crippen LogP contribution in [0.4, 0.5) is 23.2 Å². The van der Waals surface area contributed by atoms with Crippen LogP contribution in [0.25, 0.3) is 0 Å². The highest BCUT2D eigenvalue weighted by atomic mass is 35.5. The number of benzene rings is 3.